The second kappa shape index (κ2) is 7.17. The Balaban J connectivity index is 1.45. The lowest BCUT2D eigenvalue weighted by Gasteiger charge is -2.08. The highest BCUT2D eigenvalue weighted by Gasteiger charge is 2.28. The minimum Gasteiger partial charge on any atom is -0.344 e. The zero-order valence-corrected chi connectivity index (χ0v) is 17.8. The number of fused-ring (bicyclic) bond motifs is 2. The molecule has 0 unspecified atom stereocenters. The topological polar surface area (TPSA) is 97.6 Å². The Morgan fingerprint density at radius 3 is 2.97 bits per heavy atom. The summed E-state index contributed by atoms with van der Waals surface area (Å²) in [6, 6.07) is 0.388. The van der Waals surface area contributed by atoms with E-state index in [2.05, 4.69) is 15.5 Å². The molecule has 10 heteroatoms. The number of hydrogen-bond donors (Lipinski definition) is 2. The van der Waals surface area contributed by atoms with Gasteiger partial charge in [0.05, 0.1) is 16.8 Å². The van der Waals surface area contributed by atoms with Crippen molar-refractivity contribution in [2.45, 2.75) is 64.6 Å². The van der Waals surface area contributed by atoms with E-state index in [1.165, 1.54) is 11.3 Å². The molecule has 29 heavy (non-hydrogen) atoms. The van der Waals surface area contributed by atoms with Crippen molar-refractivity contribution in [2.75, 3.05) is 0 Å². The van der Waals surface area contributed by atoms with Crippen molar-refractivity contribution in [3.8, 4) is 0 Å². The summed E-state index contributed by atoms with van der Waals surface area (Å²) in [6.07, 6.45) is 6.14. The molecule has 0 aromatic carbocycles. The van der Waals surface area contributed by atoms with Crippen LogP contribution in [0.4, 0.5) is 0 Å². The van der Waals surface area contributed by atoms with E-state index in [1.54, 1.807) is 4.57 Å². The maximum atomic E-state index is 13.1. The van der Waals surface area contributed by atoms with Crippen LogP contribution in [0, 0.1) is 11.7 Å². The second-order valence-electron chi connectivity index (χ2n) is 7.76. The van der Waals surface area contributed by atoms with Gasteiger partial charge in [-0.2, -0.15) is 5.10 Å². The second-order valence-corrected chi connectivity index (χ2v) is 9.15. The fourth-order valence-electron chi connectivity index (χ4n) is 4.04. The Kier molecular flexibility index (Phi) is 4.62. The Bertz CT molecular complexity index is 1230. The molecule has 0 saturated heterocycles. The van der Waals surface area contributed by atoms with Gasteiger partial charge in [-0.3, -0.25) is 23.8 Å². The smallest absolute Gasteiger partial charge is 0.262 e. The first-order valence-electron chi connectivity index (χ1n) is 10.0. The van der Waals surface area contributed by atoms with Gasteiger partial charge in [-0.1, -0.05) is 6.42 Å². The van der Waals surface area contributed by atoms with E-state index in [4.69, 9.17) is 17.2 Å². The van der Waals surface area contributed by atoms with E-state index in [9.17, 15) is 9.59 Å². The van der Waals surface area contributed by atoms with Crippen LogP contribution in [0.2, 0.25) is 0 Å². The van der Waals surface area contributed by atoms with E-state index >= 15 is 0 Å². The van der Waals surface area contributed by atoms with Crippen molar-refractivity contribution in [1.82, 2.24) is 29.6 Å². The van der Waals surface area contributed by atoms with Gasteiger partial charge < -0.3 is 5.32 Å². The van der Waals surface area contributed by atoms with Gasteiger partial charge in [-0.15, -0.1) is 11.3 Å². The number of aromatic nitrogens is 5. The van der Waals surface area contributed by atoms with Crippen LogP contribution in [0.1, 0.15) is 65.0 Å². The predicted octanol–water partition coefficient (Wildman–Crippen LogP) is 3.01. The van der Waals surface area contributed by atoms with Crippen LogP contribution in [-0.4, -0.2) is 30.2 Å². The van der Waals surface area contributed by atoms with E-state index in [0.717, 1.165) is 50.2 Å². The van der Waals surface area contributed by atoms with Crippen LogP contribution in [-0.2, 0) is 19.5 Å². The quantitative estimate of drug-likeness (QED) is 0.620. The molecule has 1 amide bonds. The number of nitrogens with zero attached hydrogens (tertiary/aromatic N) is 4. The zero-order chi connectivity index (χ0) is 20.1. The van der Waals surface area contributed by atoms with Crippen molar-refractivity contribution in [3.63, 3.8) is 0 Å². The monoisotopic (exact) mass is 430 g/mol. The maximum absolute atomic E-state index is 13.1. The summed E-state index contributed by atoms with van der Waals surface area (Å²) in [7, 11) is 0. The van der Waals surface area contributed by atoms with Crippen molar-refractivity contribution < 1.29 is 4.79 Å². The highest BCUT2D eigenvalue weighted by molar-refractivity contribution is 7.71. The molecular formula is C19H22N6O2S2. The summed E-state index contributed by atoms with van der Waals surface area (Å²) in [4.78, 5) is 31.9. The summed E-state index contributed by atoms with van der Waals surface area (Å²) >= 11 is 6.59. The molecule has 0 atom stereocenters. The molecule has 1 aliphatic carbocycles. The minimum absolute atomic E-state index is 0.0191. The van der Waals surface area contributed by atoms with Crippen LogP contribution in [0.3, 0.4) is 0 Å². The van der Waals surface area contributed by atoms with Gasteiger partial charge in [-0.05, 0) is 50.4 Å². The fraction of sp³-hybridized carbons (Fsp3) is 0.526. The van der Waals surface area contributed by atoms with Crippen molar-refractivity contribution in [1.29, 1.82) is 0 Å². The number of carbonyl (C=O) groups excluding carboxylic acids is 1. The third kappa shape index (κ3) is 3.24. The van der Waals surface area contributed by atoms with Crippen LogP contribution < -0.4 is 10.9 Å². The molecule has 3 aromatic rings. The highest BCUT2D eigenvalue weighted by atomic mass is 32.1. The Morgan fingerprint density at radius 2 is 2.17 bits per heavy atom. The lowest BCUT2D eigenvalue weighted by atomic mass is 10.2. The minimum atomic E-state index is -0.207. The number of hydrogen-bond acceptors (Lipinski definition) is 6. The predicted molar refractivity (Wildman–Crippen MR) is 113 cm³/mol. The molecule has 0 bridgehead atoms. The van der Waals surface area contributed by atoms with Crippen molar-refractivity contribution >= 4 is 39.7 Å². The molecule has 1 saturated carbocycles. The van der Waals surface area contributed by atoms with E-state index in [1.807, 2.05) is 11.5 Å². The van der Waals surface area contributed by atoms with Gasteiger partial charge in [0.2, 0.25) is 0 Å². The summed E-state index contributed by atoms with van der Waals surface area (Å²) in [5, 5.41) is 10.6. The number of H-pyrrole nitrogens is 1. The summed E-state index contributed by atoms with van der Waals surface area (Å²) in [6.45, 7) is 2.83. The van der Waals surface area contributed by atoms with Gasteiger partial charge in [0, 0.05) is 19.0 Å². The van der Waals surface area contributed by atoms with Gasteiger partial charge in [0.25, 0.3) is 11.5 Å². The van der Waals surface area contributed by atoms with Gasteiger partial charge in [0.15, 0.2) is 10.6 Å². The van der Waals surface area contributed by atoms with E-state index < -0.39 is 0 Å². The Hall–Kier alpha value is -2.33. The molecule has 3 aromatic heterocycles. The normalized spacial score (nSPS) is 16.6. The van der Waals surface area contributed by atoms with Gasteiger partial charge >= 0.3 is 0 Å². The average molecular weight is 431 g/mol. The van der Waals surface area contributed by atoms with Crippen LogP contribution >= 0.6 is 23.6 Å². The van der Waals surface area contributed by atoms with Gasteiger partial charge in [0.1, 0.15) is 10.7 Å². The summed E-state index contributed by atoms with van der Waals surface area (Å²) in [5.41, 5.74) is 0.690. The molecule has 2 N–H and O–H groups in total. The Labute approximate surface area is 176 Å². The fourth-order valence-corrected chi connectivity index (χ4v) is 5.44. The summed E-state index contributed by atoms with van der Waals surface area (Å²) in [5.74, 6) is 1.36. The molecule has 0 spiro atoms. The van der Waals surface area contributed by atoms with E-state index in [0.29, 0.717) is 44.6 Å². The molecule has 8 nitrogen and oxygen atoms in total. The molecule has 1 fully saturated rings. The van der Waals surface area contributed by atoms with Gasteiger partial charge in [-0.25, -0.2) is 4.98 Å². The molecule has 152 valence electrons. The zero-order valence-electron chi connectivity index (χ0n) is 16.2. The van der Waals surface area contributed by atoms with Crippen molar-refractivity contribution in [2.24, 2.45) is 0 Å². The third-order valence-electron chi connectivity index (χ3n) is 5.71. The molecule has 0 radical (unpaired) electrons. The number of amides is 1. The molecule has 1 aliphatic heterocycles. The first-order valence-corrected chi connectivity index (χ1v) is 11.2. The number of nitrogens with one attached hydrogen (secondary N) is 2. The number of thiophene rings is 1. The number of carbonyl (C=O) groups is 1. The summed E-state index contributed by atoms with van der Waals surface area (Å²) < 4.78 is 4.37. The SMILES string of the molecule is Cc1c(C(=O)NCc2n[nH]c(=S)n2C2CC2)sc2nc3n(c(=O)c12)CCCCC3. The van der Waals surface area contributed by atoms with E-state index in [-0.39, 0.29) is 11.5 Å². The molecule has 2 aliphatic rings. The average Bonchev–Trinajstić information content (AvgIpc) is 3.44. The molecule has 4 heterocycles. The standard InChI is InChI=1S/C19H22N6O2S2/c1-10-14-17(21-12-5-3-2-4-8-24(12)18(14)27)29-15(10)16(26)20-9-13-22-23-19(28)25(13)11-6-7-11/h11H,2-9H2,1H3,(H,20,26)(H,23,28). The lowest BCUT2D eigenvalue weighted by Crippen LogP contribution is -2.25. The number of aryl methyl sites for hydroxylation is 2. The maximum Gasteiger partial charge on any atom is 0.262 e. The Morgan fingerprint density at radius 1 is 1.34 bits per heavy atom. The highest BCUT2D eigenvalue weighted by Crippen LogP contribution is 2.35. The largest absolute Gasteiger partial charge is 0.344 e. The number of aromatic amines is 1. The first kappa shape index (κ1) is 18.7. The van der Waals surface area contributed by atoms with Crippen LogP contribution in [0.5, 0.6) is 0 Å². The van der Waals surface area contributed by atoms with Crippen molar-refractivity contribution in [3.05, 3.63) is 37.2 Å². The molecular weight excluding hydrogens is 408 g/mol. The molecule has 5 rings (SSSR count). The lowest BCUT2D eigenvalue weighted by molar-refractivity contribution is 0.0953. The van der Waals surface area contributed by atoms with Crippen LogP contribution in [0.25, 0.3) is 10.2 Å². The van der Waals surface area contributed by atoms with Crippen LogP contribution in [0.15, 0.2) is 4.79 Å². The first-order chi connectivity index (χ1) is 14.0. The number of rotatable bonds is 4. The third-order valence-corrected chi connectivity index (χ3v) is 7.19.